The lowest BCUT2D eigenvalue weighted by atomic mass is 10.1. The summed E-state index contributed by atoms with van der Waals surface area (Å²) in [5.41, 5.74) is 3.94. The average molecular weight is 391 g/mol. The van der Waals surface area contributed by atoms with Crippen LogP contribution in [-0.4, -0.2) is 32.1 Å². The number of rotatable bonds is 7. The fourth-order valence-corrected chi connectivity index (χ4v) is 4.05. The summed E-state index contributed by atoms with van der Waals surface area (Å²) in [5, 5.41) is 3.91. The molecule has 6 heteroatoms. The van der Waals surface area contributed by atoms with Crippen LogP contribution in [0.15, 0.2) is 72.0 Å². The lowest BCUT2D eigenvalue weighted by molar-refractivity contribution is -0.119. The molecule has 3 heterocycles. The maximum Gasteiger partial charge on any atom is 0.230 e. The smallest absolute Gasteiger partial charge is 0.230 e. The summed E-state index contributed by atoms with van der Waals surface area (Å²) in [6.45, 7) is 2.05. The highest BCUT2D eigenvalue weighted by molar-refractivity contribution is 8.00. The summed E-state index contributed by atoms with van der Waals surface area (Å²) in [6.07, 6.45) is 5.61. The van der Waals surface area contributed by atoms with Crippen molar-refractivity contribution in [3.05, 3.63) is 72.6 Å². The summed E-state index contributed by atoms with van der Waals surface area (Å²) < 4.78 is 2.07. The molecule has 0 aliphatic carbocycles. The summed E-state index contributed by atoms with van der Waals surface area (Å²) in [4.78, 5) is 21.4. The van der Waals surface area contributed by atoms with E-state index in [4.69, 9.17) is 0 Å². The van der Waals surface area contributed by atoms with Crippen LogP contribution in [0.3, 0.4) is 0 Å². The van der Waals surface area contributed by atoms with E-state index in [0.29, 0.717) is 11.4 Å². The van der Waals surface area contributed by atoms with Gasteiger partial charge in [-0.1, -0.05) is 42.1 Å². The SMILES string of the molecule is C[C@H](CCc1ccccc1)NC(=O)CSc1nc2ncccc2n2cccc12. The minimum atomic E-state index is 0.0261. The van der Waals surface area contributed by atoms with Gasteiger partial charge < -0.3 is 9.72 Å². The van der Waals surface area contributed by atoms with E-state index in [2.05, 4.69) is 38.7 Å². The molecule has 4 aromatic rings. The quantitative estimate of drug-likeness (QED) is 0.483. The van der Waals surface area contributed by atoms with Crippen LogP contribution in [0.5, 0.6) is 0 Å². The minimum absolute atomic E-state index is 0.0261. The normalized spacial score (nSPS) is 12.3. The fourth-order valence-electron chi connectivity index (χ4n) is 3.24. The molecule has 0 saturated heterocycles. The number of aryl methyl sites for hydroxylation is 1. The van der Waals surface area contributed by atoms with Gasteiger partial charge in [-0.3, -0.25) is 4.79 Å². The molecule has 28 heavy (non-hydrogen) atoms. The van der Waals surface area contributed by atoms with Crippen LogP contribution >= 0.6 is 11.8 Å². The standard InChI is InChI=1S/C22H22N4OS/c1-16(11-12-17-7-3-2-4-8-17)24-20(27)15-28-22-19-10-6-14-26(19)18-9-5-13-23-21(18)25-22/h2-10,13-14,16H,11-12,15H2,1H3,(H,24,27)/t16-/m1/s1. The van der Waals surface area contributed by atoms with Crippen molar-refractivity contribution in [1.82, 2.24) is 19.7 Å². The zero-order chi connectivity index (χ0) is 19.3. The van der Waals surface area contributed by atoms with Crippen molar-refractivity contribution in [3.8, 4) is 0 Å². The molecule has 5 nitrogen and oxygen atoms in total. The van der Waals surface area contributed by atoms with E-state index in [-0.39, 0.29) is 11.9 Å². The lowest BCUT2D eigenvalue weighted by Crippen LogP contribution is -2.34. The van der Waals surface area contributed by atoms with Crippen molar-refractivity contribution in [2.24, 2.45) is 0 Å². The van der Waals surface area contributed by atoms with Crippen LogP contribution in [-0.2, 0) is 11.2 Å². The molecular weight excluding hydrogens is 368 g/mol. The molecule has 0 unspecified atom stereocenters. The van der Waals surface area contributed by atoms with E-state index in [0.717, 1.165) is 28.9 Å². The molecule has 0 aliphatic heterocycles. The number of pyridine rings is 1. The van der Waals surface area contributed by atoms with Gasteiger partial charge in [0, 0.05) is 18.4 Å². The number of hydrogen-bond acceptors (Lipinski definition) is 4. The van der Waals surface area contributed by atoms with Gasteiger partial charge in [0.2, 0.25) is 5.91 Å². The number of benzene rings is 1. The summed E-state index contributed by atoms with van der Waals surface area (Å²) in [6, 6.07) is 18.4. The van der Waals surface area contributed by atoms with Crippen LogP contribution in [0, 0.1) is 0 Å². The summed E-state index contributed by atoms with van der Waals surface area (Å²) >= 11 is 1.45. The van der Waals surface area contributed by atoms with Gasteiger partial charge in [0.1, 0.15) is 5.03 Å². The van der Waals surface area contributed by atoms with Crippen molar-refractivity contribution in [3.63, 3.8) is 0 Å². The van der Waals surface area contributed by atoms with Crippen molar-refractivity contribution in [2.45, 2.75) is 30.8 Å². The number of nitrogens with one attached hydrogen (secondary N) is 1. The molecule has 3 aromatic heterocycles. The highest BCUT2D eigenvalue weighted by Crippen LogP contribution is 2.25. The Balaban J connectivity index is 1.37. The second kappa shape index (κ2) is 8.44. The van der Waals surface area contributed by atoms with Crippen LogP contribution in [0.4, 0.5) is 0 Å². The lowest BCUT2D eigenvalue weighted by Gasteiger charge is -2.14. The number of hydrogen-bond donors (Lipinski definition) is 1. The maximum absolute atomic E-state index is 12.4. The topological polar surface area (TPSA) is 59.3 Å². The van der Waals surface area contributed by atoms with Crippen LogP contribution in [0.25, 0.3) is 16.7 Å². The Bertz CT molecular complexity index is 1090. The average Bonchev–Trinajstić information content (AvgIpc) is 3.22. The Morgan fingerprint density at radius 3 is 2.79 bits per heavy atom. The predicted molar refractivity (Wildman–Crippen MR) is 114 cm³/mol. The van der Waals surface area contributed by atoms with Crippen LogP contribution in [0.2, 0.25) is 0 Å². The maximum atomic E-state index is 12.4. The molecule has 1 atom stereocenters. The largest absolute Gasteiger partial charge is 0.353 e. The van der Waals surface area contributed by atoms with E-state index >= 15 is 0 Å². The first-order chi connectivity index (χ1) is 13.7. The molecule has 0 radical (unpaired) electrons. The Kier molecular flexibility index (Phi) is 5.58. The first kappa shape index (κ1) is 18.5. The molecule has 0 aliphatic rings. The van der Waals surface area contributed by atoms with E-state index in [1.54, 1.807) is 6.20 Å². The van der Waals surface area contributed by atoms with Gasteiger partial charge in [0.15, 0.2) is 5.65 Å². The molecule has 1 N–H and O–H groups in total. The molecule has 0 spiro atoms. The molecule has 0 bridgehead atoms. The van der Waals surface area contributed by atoms with Gasteiger partial charge in [-0.25, -0.2) is 9.97 Å². The van der Waals surface area contributed by atoms with Crippen LogP contribution in [0.1, 0.15) is 18.9 Å². The van der Waals surface area contributed by atoms with Gasteiger partial charge >= 0.3 is 0 Å². The summed E-state index contributed by atoms with van der Waals surface area (Å²) in [5.74, 6) is 0.361. The van der Waals surface area contributed by atoms with Crippen molar-refractivity contribution >= 4 is 34.3 Å². The number of carbonyl (C=O) groups excluding carboxylic acids is 1. The number of nitrogens with zero attached hydrogens (tertiary/aromatic N) is 3. The number of aromatic nitrogens is 3. The van der Waals surface area contributed by atoms with E-state index in [9.17, 15) is 4.79 Å². The Morgan fingerprint density at radius 1 is 1.11 bits per heavy atom. The van der Waals surface area contributed by atoms with Gasteiger partial charge in [0.25, 0.3) is 0 Å². The molecule has 0 fully saturated rings. The first-order valence-electron chi connectivity index (χ1n) is 9.38. The van der Waals surface area contributed by atoms with Crippen molar-refractivity contribution in [1.29, 1.82) is 0 Å². The predicted octanol–water partition coefficient (Wildman–Crippen LogP) is 4.11. The monoisotopic (exact) mass is 390 g/mol. The van der Waals surface area contributed by atoms with E-state index in [1.165, 1.54) is 17.3 Å². The second-order valence-electron chi connectivity index (χ2n) is 6.81. The molecular formula is C22H22N4OS. The van der Waals surface area contributed by atoms with E-state index < -0.39 is 0 Å². The summed E-state index contributed by atoms with van der Waals surface area (Å²) in [7, 11) is 0. The van der Waals surface area contributed by atoms with Gasteiger partial charge in [-0.2, -0.15) is 0 Å². The first-order valence-corrected chi connectivity index (χ1v) is 10.4. The zero-order valence-electron chi connectivity index (χ0n) is 15.7. The number of fused-ring (bicyclic) bond motifs is 3. The molecule has 142 valence electrons. The van der Waals surface area contributed by atoms with Gasteiger partial charge in [-0.15, -0.1) is 0 Å². The van der Waals surface area contributed by atoms with Crippen LogP contribution < -0.4 is 5.32 Å². The highest BCUT2D eigenvalue weighted by atomic mass is 32.2. The number of amides is 1. The van der Waals surface area contributed by atoms with Gasteiger partial charge in [-0.05, 0) is 49.6 Å². The highest BCUT2D eigenvalue weighted by Gasteiger charge is 2.13. The molecule has 1 amide bonds. The number of thioether (sulfide) groups is 1. The van der Waals surface area contributed by atoms with Crippen molar-refractivity contribution in [2.75, 3.05) is 5.75 Å². The third-order valence-corrected chi connectivity index (χ3v) is 5.64. The fraction of sp³-hybridized carbons (Fsp3) is 0.227. The molecule has 1 aromatic carbocycles. The Morgan fingerprint density at radius 2 is 1.93 bits per heavy atom. The number of carbonyl (C=O) groups is 1. The second-order valence-corrected chi connectivity index (χ2v) is 7.77. The Labute approximate surface area is 168 Å². The third-order valence-electron chi connectivity index (χ3n) is 4.66. The third kappa shape index (κ3) is 4.17. The minimum Gasteiger partial charge on any atom is -0.353 e. The van der Waals surface area contributed by atoms with E-state index in [1.807, 2.05) is 48.7 Å². The zero-order valence-corrected chi connectivity index (χ0v) is 16.5. The van der Waals surface area contributed by atoms with Crippen molar-refractivity contribution < 1.29 is 4.79 Å². The Hall–Kier alpha value is -2.86. The van der Waals surface area contributed by atoms with Gasteiger partial charge in [0.05, 0.1) is 16.8 Å². The molecule has 0 saturated carbocycles. The molecule has 4 rings (SSSR count).